The summed E-state index contributed by atoms with van der Waals surface area (Å²) in [6, 6.07) is 0. The van der Waals surface area contributed by atoms with Gasteiger partial charge < -0.3 is 4.74 Å². The molecule has 0 amide bonds. The van der Waals surface area contributed by atoms with Crippen LogP contribution in [-0.2, 0) is 9.53 Å². The van der Waals surface area contributed by atoms with E-state index in [0.29, 0.717) is 12.5 Å². The monoisotopic (exact) mass is 253 g/mol. The van der Waals surface area contributed by atoms with Gasteiger partial charge in [0.2, 0.25) is 0 Å². The lowest BCUT2D eigenvalue weighted by Gasteiger charge is -2.49. The summed E-state index contributed by atoms with van der Waals surface area (Å²) in [5.41, 5.74) is -0.311. The van der Waals surface area contributed by atoms with Crippen LogP contribution in [0.5, 0.6) is 0 Å². The Bertz CT molecular complexity index is 286. The number of carbonyl (C=O) groups excluding carboxylic acids is 1. The lowest BCUT2D eigenvalue weighted by atomic mass is 9.71. The number of nitrogens with zero attached hydrogens (tertiary/aromatic N) is 1. The summed E-state index contributed by atoms with van der Waals surface area (Å²) < 4.78 is 5.43. The van der Waals surface area contributed by atoms with Crippen molar-refractivity contribution in [1.82, 2.24) is 4.90 Å². The number of likely N-dealkylation sites (tertiary alicyclic amines) is 1. The van der Waals surface area contributed by atoms with Crippen LogP contribution in [0.1, 0.15) is 58.8 Å². The molecular formula is C15H27NO2. The van der Waals surface area contributed by atoms with Gasteiger partial charge in [-0.05, 0) is 51.6 Å². The van der Waals surface area contributed by atoms with Gasteiger partial charge in [-0.15, -0.1) is 0 Å². The van der Waals surface area contributed by atoms with E-state index in [1.807, 2.05) is 6.92 Å². The fourth-order valence-corrected chi connectivity index (χ4v) is 3.78. The average Bonchev–Trinajstić information content (AvgIpc) is 2.41. The maximum Gasteiger partial charge on any atom is 0.326 e. The van der Waals surface area contributed by atoms with Crippen LogP contribution < -0.4 is 0 Å². The molecule has 2 fully saturated rings. The molecule has 1 saturated heterocycles. The molecule has 0 aromatic rings. The van der Waals surface area contributed by atoms with Crippen LogP contribution in [0, 0.1) is 5.92 Å². The molecule has 0 aromatic heterocycles. The van der Waals surface area contributed by atoms with Crippen LogP contribution >= 0.6 is 0 Å². The lowest BCUT2D eigenvalue weighted by molar-refractivity contribution is -0.166. The van der Waals surface area contributed by atoms with E-state index in [-0.39, 0.29) is 11.5 Å². The second-order valence-corrected chi connectivity index (χ2v) is 5.84. The zero-order valence-electron chi connectivity index (χ0n) is 11.9. The zero-order chi connectivity index (χ0) is 13.0. The van der Waals surface area contributed by atoms with Gasteiger partial charge in [0.05, 0.1) is 6.61 Å². The third kappa shape index (κ3) is 2.42. The molecule has 0 aromatic carbocycles. The first-order chi connectivity index (χ1) is 8.71. The molecule has 2 aliphatic rings. The van der Waals surface area contributed by atoms with Crippen molar-refractivity contribution in [1.29, 1.82) is 0 Å². The minimum Gasteiger partial charge on any atom is -0.465 e. The summed E-state index contributed by atoms with van der Waals surface area (Å²) in [7, 11) is 0. The van der Waals surface area contributed by atoms with Crippen molar-refractivity contribution >= 4 is 5.97 Å². The molecule has 104 valence electrons. The van der Waals surface area contributed by atoms with Crippen LogP contribution in [-0.4, -0.2) is 36.1 Å². The van der Waals surface area contributed by atoms with Crippen molar-refractivity contribution in [3.8, 4) is 0 Å². The Labute approximate surface area is 111 Å². The van der Waals surface area contributed by atoms with Crippen LogP contribution in [0.2, 0.25) is 0 Å². The van der Waals surface area contributed by atoms with E-state index < -0.39 is 0 Å². The van der Waals surface area contributed by atoms with Gasteiger partial charge in [0.25, 0.3) is 0 Å². The van der Waals surface area contributed by atoms with Crippen LogP contribution in [0.25, 0.3) is 0 Å². The Morgan fingerprint density at radius 3 is 2.56 bits per heavy atom. The topological polar surface area (TPSA) is 29.5 Å². The highest BCUT2D eigenvalue weighted by atomic mass is 16.5. The first kappa shape index (κ1) is 13.9. The van der Waals surface area contributed by atoms with E-state index in [0.717, 1.165) is 25.9 Å². The van der Waals surface area contributed by atoms with Gasteiger partial charge in [0, 0.05) is 0 Å². The Kier molecular flexibility index (Phi) is 4.66. The Balaban J connectivity index is 2.22. The molecule has 0 bridgehead atoms. The molecule has 1 heterocycles. The number of ether oxygens (including phenoxy) is 1. The minimum atomic E-state index is -0.311. The average molecular weight is 253 g/mol. The Morgan fingerprint density at radius 1 is 1.22 bits per heavy atom. The van der Waals surface area contributed by atoms with Gasteiger partial charge in [-0.3, -0.25) is 9.69 Å². The minimum absolute atomic E-state index is 0.0408. The third-order valence-corrected chi connectivity index (χ3v) is 4.81. The molecule has 0 radical (unpaired) electrons. The second-order valence-electron chi connectivity index (χ2n) is 5.84. The molecule has 3 heteroatoms. The van der Waals surface area contributed by atoms with Crippen LogP contribution in [0.3, 0.4) is 0 Å². The molecule has 0 N–H and O–H groups in total. The highest BCUT2D eigenvalue weighted by Crippen LogP contribution is 2.40. The SMILES string of the molecule is CCOC(=O)[C@@]1(N2CCCCC2)CCCC[C@@H]1C. The van der Waals surface area contributed by atoms with Gasteiger partial charge >= 0.3 is 5.97 Å². The van der Waals surface area contributed by atoms with Gasteiger partial charge in [0.1, 0.15) is 5.54 Å². The van der Waals surface area contributed by atoms with Crippen molar-refractivity contribution in [3.05, 3.63) is 0 Å². The van der Waals surface area contributed by atoms with Crippen molar-refractivity contribution < 1.29 is 9.53 Å². The largest absolute Gasteiger partial charge is 0.465 e. The first-order valence-corrected chi connectivity index (χ1v) is 7.64. The molecular weight excluding hydrogens is 226 g/mol. The van der Waals surface area contributed by atoms with Crippen molar-refractivity contribution in [2.75, 3.05) is 19.7 Å². The quantitative estimate of drug-likeness (QED) is 0.724. The van der Waals surface area contributed by atoms with Crippen molar-refractivity contribution in [2.45, 2.75) is 64.3 Å². The second kappa shape index (κ2) is 6.05. The van der Waals surface area contributed by atoms with E-state index in [2.05, 4.69) is 11.8 Å². The molecule has 1 aliphatic carbocycles. The lowest BCUT2D eigenvalue weighted by Crippen LogP contribution is -2.61. The van der Waals surface area contributed by atoms with Gasteiger partial charge in [-0.1, -0.05) is 26.2 Å². The predicted octanol–water partition coefficient (Wildman–Crippen LogP) is 2.98. The number of carbonyl (C=O) groups is 1. The van der Waals surface area contributed by atoms with Gasteiger partial charge in [0.15, 0.2) is 0 Å². The molecule has 1 aliphatic heterocycles. The molecule has 3 nitrogen and oxygen atoms in total. The number of hydrogen-bond donors (Lipinski definition) is 0. The maximum atomic E-state index is 12.6. The summed E-state index contributed by atoms with van der Waals surface area (Å²) in [6.07, 6.45) is 8.35. The van der Waals surface area contributed by atoms with Crippen LogP contribution in [0.4, 0.5) is 0 Å². The predicted molar refractivity (Wildman–Crippen MR) is 72.4 cm³/mol. The van der Waals surface area contributed by atoms with Gasteiger partial charge in [-0.2, -0.15) is 0 Å². The number of piperidine rings is 1. The van der Waals surface area contributed by atoms with Crippen molar-refractivity contribution in [3.63, 3.8) is 0 Å². The highest BCUT2D eigenvalue weighted by Gasteiger charge is 2.50. The summed E-state index contributed by atoms with van der Waals surface area (Å²) in [5, 5.41) is 0. The number of hydrogen-bond acceptors (Lipinski definition) is 3. The normalized spacial score (nSPS) is 34.2. The maximum absolute atomic E-state index is 12.6. The molecule has 2 atom stereocenters. The summed E-state index contributed by atoms with van der Waals surface area (Å²) in [5.74, 6) is 0.475. The highest BCUT2D eigenvalue weighted by molar-refractivity contribution is 5.81. The number of rotatable bonds is 3. The summed E-state index contributed by atoms with van der Waals surface area (Å²) in [4.78, 5) is 15.0. The number of esters is 1. The smallest absolute Gasteiger partial charge is 0.326 e. The molecule has 18 heavy (non-hydrogen) atoms. The standard InChI is InChI=1S/C15H27NO2/c1-3-18-14(17)15(10-6-5-9-13(15)2)16-11-7-4-8-12-16/h13H,3-12H2,1-2H3/t13-,15+/m0/s1. The fourth-order valence-electron chi connectivity index (χ4n) is 3.78. The zero-order valence-corrected chi connectivity index (χ0v) is 11.9. The van der Waals surface area contributed by atoms with E-state index in [9.17, 15) is 4.79 Å². The third-order valence-electron chi connectivity index (χ3n) is 4.81. The first-order valence-electron chi connectivity index (χ1n) is 7.64. The molecule has 0 unspecified atom stereocenters. The van der Waals surface area contributed by atoms with Crippen LogP contribution in [0.15, 0.2) is 0 Å². The van der Waals surface area contributed by atoms with Crippen molar-refractivity contribution in [2.24, 2.45) is 5.92 Å². The van der Waals surface area contributed by atoms with Gasteiger partial charge in [-0.25, -0.2) is 0 Å². The van der Waals surface area contributed by atoms with E-state index in [1.165, 1.54) is 32.1 Å². The fraction of sp³-hybridized carbons (Fsp3) is 0.933. The Morgan fingerprint density at radius 2 is 1.94 bits per heavy atom. The Hall–Kier alpha value is -0.570. The molecule has 1 saturated carbocycles. The molecule has 0 spiro atoms. The summed E-state index contributed by atoms with van der Waals surface area (Å²) in [6.45, 7) is 6.80. The van der Waals surface area contributed by atoms with E-state index >= 15 is 0 Å². The molecule has 2 rings (SSSR count). The summed E-state index contributed by atoms with van der Waals surface area (Å²) >= 11 is 0. The van der Waals surface area contributed by atoms with E-state index in [1.54, 1.807) is 0 Å². The van der Waals surface area contributed by atoms with E-state index in [4.69, 9.17) is 4.74 Å².